The maximum atomic E-state index is 4.72. The summed E-state index contributed by atoms with van der Waals surface area (Å²) in [4.78, 5) is 1.37. The fourth-order valence-corrected chi connectivity index (χ4v) is 3.21. The number of nitrogens with one attached hydrogen (secondary N) is 1. The number of para-hydroxylation sites is 1. The van der Waals surface area contributed by atoms with Gasteiger partial charge in [0.25, 0.3) is 0 Å². The molecule has 0 bridgehead atoms. The number of aryl methyl sites for hydroxylation is 1. The van der Waals surface area contributed by atoms with Crippen LogP contribution in [0.4, 0.5) is 0 Å². The lowest BCUT2D eigenvalue weighted by Gasteiger charge is -2.10. The van der Waals surface area contributed by atoms with Crippen LogP contribution < -0.4 is 5.32 Å². The van der Waals surface area contributed by atoms with Gasteiger partial charge in [0.2, 0.25) is 0 Å². The van der Waals surface area contributed by atoms with Crippen molar-refractivity contribution >= 4 is 22.2 Å². The maximum Gasteiger partial charge on any atom is 0.0841 e. The molecule has 2 aromatic heterocycles. The molecule has 3 rings (SSSR count). The van der Waals surface area contributed by atoms with Gasteiger partial charge in [-0.1, -0.05) is 24.3 Å². The molecule has 0 spiro atoms. The van der Waals surface area contributed by atoms with Crippen LogP contribution in [0.15, 0.2) is 41.8 Å². The lowest BCUT2D eigenvalue weighted by molar-refractivity contribution is 0.565. The molecule has 0 aliphatic rings. The average Bonchev–Trinajstić information content (AvgIpc) is 3.13. The summed E-state index contributed by atoms with van der Waals surface area (Å²) in [6.45, 7) is 6.03. The topological polar surface area (TPSA) is 29.9 Å². The molecule has 1 aromatic carbocycles. The van der Waals surface area contributed by atoms with Crippen molar-refractivity contribution in [1.82, 2.24) is 15.1 Å². The first-order chi connectivity index (χ1) is 9.79. The summed E-state index contributed by atoms with van der Waals surface area (Å²) < 4.78 is 2.07. The molecule has 4 heteroatoms. The van der Waals surface area contributed by atoms with Gasteiger partial charge in [-0.15, -0.1) is 11.3 Å². The van der Waals surface area contributed by atoms with Gasteiger partial charge >= 0.3 is 0 Å². The van der Waals surface area contributed by atoms with Crippen LogP contribution in [0.2, 0.25) is 0 Å². The molecule has 2 heterocycles. The Kier molecular flexibility index (Phi) is 3.85. The van der Waals surface area contributed by atoms with Crippen molar-refractivity contribution in [3.63, 3.8) is 0 Å². The van der Waals surface area contributed by atoms with E-state index >= 15 is 0 Å². The number of nitrogens with zero attached hydrogens (tertiary/aromatic N) is 2. The summed E-state index contributed by atoms with van der Waals surface area (Å²) in [5.74, 6) is 0. The number of benzene rings is 1. The molecule has 1 N–H and O–H groups in total. The van der Waals surface area contributed by atoms with Crippen molar-refractivity contribution < 1.29 is 0 Å². The molecule has 0 amide bonds. The lowest BCUT2D eigenvalue weighted by Crippen LogP contribution is -2.17. The van der Waals surface area contributed by atoms with Gasteiger partial charge < -0.3 is 5.32 Å². The summed E-state index contributed by atoms with van der Waals surface area (Å²) in [5, 5.41) is 11.7. The molecule has 1 atom stereocenters. The van der Waals surface area contributed by atoms with Crippen LogP contribution in [0, 0.1) is 0 Å². The summed E-state index contributed by atoms with van der Waals surface area (Å²) in [5.41, 5.74) is 2.35. The van der Waals surface area contributed by atoms with Crippen molar-refractivity contribution in [2.45, 2.75) is 33.0 Å². The van der Waals surface area contributed by atoms with Crippen LogP contribution in [0.25, 0.3) is 10.9 Å². The molecule has 0 unspecified atom stereocenters. The molecule has 3 aromatic rings. The Labute approximate surface area is 123 Å². The summed E-state index contributed by atoms with van der Waals surface area (Å²) in [6.07, 6.45) is 0. The first-order valence-corrected chi connectivity index (χ1v) is 7.88. The Morgan fingerprint density at radius 1 is 1.25 bits per heavy atom. The van der Waals surface area contributed by atoms with E-state index in [0.29, 0.717) is 6.04 Å². The van der Waals surface area contributed by atoms with E-state index in [1.807, 2.05) is 0 Å². The molecule has 0 aliphatic carbocycles. The molecule has 3 nitrogen and oxygen atoms in total. The summed E-state index contributed by atoms with van der Waals surface area (Å²) in [6, 6.07) is 13.1. The minimum atomic E-state index is 0.362. The van der Waals surface area contributed by atoms with Gasteiger partial charge in [-0.2, -0.15) is 5.10 Å². The highest BCUT2D eigenvalue weighted by molar-refractivity contribution is 7.10. The molecular weight excluding hydrogens is 266 g/mol. The Morgan fingerprint density at radius 3 is 2.85 bits per heavy atom. The van der Waals surface area contributed by atoms with E-state index in [9.17, 15) is 0 Å². The van der Waals surface area contributed by atoms with E-state index in [0.717, 1.165) is 18.8 Å². The minimum absolute atomic E-state index is 0.362. The number of fused-ring (bicyclic) bond motifs is 1. The summed E-state index contributed by atoms with van der Waals surface area (Å²) in [7, 11) is 0. The third-order valence-corrected chi connectivity index (χ3v) is 4.63. The predicted octanol–water partition coefficient (Wildman–Crippen LogP) is 3.97. The maximum absolute atomic E-state index is 4.72. The number of hydrogen-bond acceptors (Lipinski definition) is 3. The largest absolute Gasteiger partial charge is 0.304 e. The van der Waals surface area contributed by atoms with Crippen LogP contribution in [-0.2, 0) is 13.1 Å². The highest BCUT2D eigenvalue weighted by Gasteiger charge is 2.11. The quantitative estimate of drug-likeness (QED) is 0.768. The molecule has 0 radical (unpaired) electrons. The van der Waals surface area contributed by atoms with Crippen molar-refractivity contribution in [3.05, 3.63) is 52.3 Å². The van der Waals surface area contributed by atoms with Crippen LogP contribution >= 0.6 is 11.3 Å². The van der Waals surface area contributed by atoms with E-state index in [1.165, 1.54) is 15.8 Å². The van der Waals surface area contributed by atoms with Gasteiger partial charge in [-0.05, 0) is 31.4 Å². The second kappa shape index (κ2) is 5.77. The van der Waals surface area contributed by atoms with Crippen LogP contribution in [0.3, 0.4) is 0 Å². The van der Waals surface area contributed by atoms with E-state index in [1.54, 1.807) is 11.3 Å². The van der Waals surface area contributed by atoms with E-state index in [2.05, 4.69) is 65.6 Å². The monoisotopic (exact) mass is 285 g/mol. The lowest BCUT2D eigenvalue weighted by atomic mass is 10.2. The second-order valence-electron chi connectivity index (χ2n) is 4.90. The highest BCUT2D eigenvalue weighted by Crippen LogP contribution is 2.21. The van der Waals surface area contributed by atoms with Crippen molar-refractivity contribution in [2.24, 2.45) is 0 Å². The van der Waals surface area contributed by atoms with E-state index in [-0.39, 0.29) is 0 Å². The Balaban J connectivity index is 1.81. The number of rotatable bonds is 5. The zero-order chi connectivity index (χ0) is 13.9. The molecule has 104 valence electrons. The smallest absolute Gasteiger partial charge is 0.0841 e. The van der Waals surface area contributed by atoms with E-state index in [4.69, 9.17) is 5.10 Å². The van der Waals surface area contributed by atoms with Crippen molar-refractivity contribution in [3.8, 4) is 0 Å². The molecule has 0 saturated carbocycles. The van der Waals surface area contributed by atoms with Gasteiger partial charge in [0.1, 0.15) is 0 Å². The van der Waals surface area contributed by atoms with Crippen molar-refractivity contribution in [1.29, 1.82) is 0 Å². The molecule has 20 heavy (non-hydrogen) atoms. The zero-order valence-corrected chi connectivity index (χ0v) is 12.7. The molecule has 0 fully saturated rings. The molecular formula is C16H19N3S. The number of aromatic nitrogens is 2. The van der Waals surface area contributed by atoms with Crippen molar-refractivity contribution in [2.75, 3.05) is 0 Å². The first-order valence-electron chi connectivity index (χ1n) is 7.00. The van der Waals surface area contributed by atoms with Crippen LogP contribution in [0.1, 0.15) is 30.5 Å². The number of thiophene rings is 1. The zero-order valence-electron chi connectivity index (χ0n) is 11.8. The second-order valence-corrected chi connectivity index (χ2v) is 5.88. The fourth-order valence-electron chi connectivity index (χ4n) is 2.46. The van der Waals surface area contributed by atoms with Crippen LogP contribution in [-0.4, -0.2) is 9.78 Å². The van der Waals surface area contributed by atoms with Crippen LogP contribution in [0.5, 0.6) is 0 Å². The highest BCUT2D eigenvalue weighted by atomic mass is 32.1. The van der Waals surface area contributed by atoms with Gasteiger partial charge in [-0.25, -0.2) is 0 Å². The van der Waals surface area contributed by atoms with Gasteiger partial charge in [0.15, 0.2) is 0 Å². The SMILES string of the molecule is CCn1nc(CN[C@@H](C)c2cccs2)c2ccccc21. The first kappa shape index (κ1) is 13.3. The average molecular weight is 285 g/mol. The third kappa shape index (κ3) is 2.49. The minimum Gasteiger partial charge on any atom is -0.304 e. The van der Waals surface area contributed by atoms with Gasteiger partial charge in [-0.3, -0.25) is 4.68 Å². The van der Waals surface area contributed by atoms with Gasteiger partial charge in [0.05, 0.1) is 11.2 Å². The fraction of sp³-hybridized carbons (Fsp3) is 0.312. The third-order valence-electron chi connectivity index (χ3n) is 3.58. The normalized spacial score (nSPS) is 12.9. The Bertz CT molecular complexity index is 685. The number of hydrogen-bond donors (Lipinski definition) is 1. The molecule has 0 saturated heterocycles. The summed E-state index contributed by atoms with van der Waals surface area (Å²) >= 11 is 1.79. The standard InChI is InChI=1S/C16H19N3S/c1-3-19-15-8-5-4-7-13(15)14(18-19)11-17-12(2)16-9-6-10-20-16/h4-10,12,17H,3,11H2,1-2H3/t12-/m0/s1. The Morgan fingerprint density at radius 2 is 2.10 bits per heavy atom. The molecule has 0 aliphatic heterocycles. The van der Waals surface area contributed by atoms with E-state index < -0.39 is 0 Å². The predicted molar refractivity (Wildman–Crippen MR) is 85.0 cm³/mol. The van der Waals surface area contributed by atoms with Gasteiger partial charge in [0, 0.05) is 29.4 Å². The Hall–Kier alpha value is -1.65.